The first-order valence-electron chi connectivity index (χ1n) is 5.62. The average Bonchev–Trinajstić information content (AvgIpc) is 2.77. The van der Waals surface area contributed by atoms with E-state index in [0.29, 0.717) is 0 Å². The van der Waals surface area contributed by atoms with Gasteiger partial charge in [0.05, 0.1) is 17.6 Å². The van der Waals surface area contributed by atoms with E-state index in [1.165, 1.54) is 0 Å². The van der Waals surface area contributed by atoms with Gasteiger partial charge in [-0.2, -0.15) is 11.8 Å². The molecule has 0 saturated carbocycles. The maximum Gasteiger partial charge on any atom is 0.233 e. The lowest BCUT2D eigenvalue weighted by molar-refractivity contribution is -0.121. The minimum absolute atomic E-state index is 0.0114. The molecule has 0 bridgehead atoms. The van der Waals surface area contributed by atoms with Gasteiger partial charge < -0.3 is 9.73 Å². The molecular weight excluding hydrogens is 222 g/mol. The van der Waals surface area contributed by atoms with Crippen LogP contribution in [0.1, 0.15) is 37.1 Å². The van der Waals surface area contributed by atoms with Gasteiger partial charge in [0.25, 0.3) is 0 Å². The van der Waals surface area contributed by atoms with Crippen LogP contribution in [0.5, 0.6) is 0 Å². The molecule has 0 radical (unpaired) electrons. The van der Waals surface area contributed by atoms with Crippen molar-refractivity contribution < 1.29 is 9.21 Å². The van der Waals surface area contributed by atoms with Crippen molar-refractivity contribution in [2.75, 3.05) is 6.26 Å². The molecule has 3 nitrogen and oxygen atoms in total. The lowest BCUT2D eigenvalue weighted by Gasteiger charge is -2.23. The summed E-state index contributed by atoms with van der Waals surface area (Å²) >= 11 is 1.57. The van der Waals surface area contributed by atoms with Crippen molar-refractivity contribution in [3.05, 3.63) is 23.7 Å². The van der Waals surface area contributed by atoms with E-state index in [1.54, 1.807) is 18.0 Å². The van der Waals surface area contributed by atoms with Crippen LogP contribution < -0.4 is 5.32 Å². The third-order valence-corrected chi connectivity index (χ3v) is 4.01. The summed E-state index contributed by atoms with van der Waals surface area (Å²) in [5, 5.41) is 3.10. The van der Waals surface area contributed by atoms with E-state index in [9.17, 15) is 4.79 Å². The third-order valence-electron chi connectivity index (χ3n) is 3.09. The molecular formula is C12H17NO2S. The number of aryl methyl sites for hydroxylation is 1. The lowest BCUT2D eigenvalue weighted by atomic mass is 9.93. The van der Waals surface area contributed by atoms with Gasteiger partial charge in [0.15, 0.2) is 0 Å². The Hall–Kier alpha value is -0.900. The fourth-order valence-corrected chi connectivity index (χ4v) is 2.31. The van der Waals surface area contributed by atoms with E-state index in [4.69, 9.17) is 4.42 Å². The monoisotopic (exact) mass is 239 g/mol. The fourth-order valence-electron chi connectivity index (χ4n) is 2.03. The van der Waals surface area contributed by atoms with E-state index in [1.807, 2.05) is 19.2 Å². The van der Waals surface area contributed by atoms with Crippen molar-refractivity contribution in [3.8, 4) is 0 Å². The highest BCUT2D eigenvalue weighted by molar-refractivity contribution is 7.99. The first kappa shape index (κ1) is 11.6. The van der Waals surface area contributed by atoms with Crippen molar-refractivity contribution >= 4 is 17.7 Å². The van der Waals surface area contributed by atoms with Gasteiger partial charge in [0, 0.05) is 12.0 Å². The molecule has 0 saturated heterocycles. The van der Waals surface area contributed by atoms with Crippen LogP contribution in [0.4, 0.5) is 0 Å². The Labute approximate surface area is 100.0 Å². The molecule has 1 aliphatic rings. The van der Waals surface area contributed by atoms with Crippen molar-refractivity contribution in [1.82, 2.24) is 5.32 Å². The Bertz CT molecular complexity index is 375. The molecule has 0 fully saturated rings. The zero-order valence-electron chi connectivity index (χ0n) is 9.66. The highest BCUT2D eigenvalue weighted by Gasteiger charge is 2.25. The van der Waals surface area contributed by atoms with Gasteiger partial charge in [-0.15, -0.1) is 0 Å². The summed E-state index contributed by atoms with van der Waals surface area (Å²) in [6.07, 6.45) is 6.76. The Kier molecular flexibility index (Phi) is 3.59. The predicted molar refractivity (Wildman–Crippen MR) is 65.5 cm³/mol. The van der Waals surface area contributed by atoms with Crippen molar-refractivity contribution in [2.24, 2.45) is 0 Å². The van der Waals surface area contributed by atoms with Crippen molar-refractivity contribution in [1.29, 1.82) is 0 Å². The number of hydrogen-bond acceptors (Lipinski definition) is 3. The van der Waals surface area contributed by atoms with Crippen LogP contribution in [0.25, 0.3) is 0 Å². The molecule has 2 unspecified atom stereocenters. The van der Waals surface area contributed by atoms with Gasteiger partial charge in [0.1, 0.15) is 5.76 Å². The summed E-state index contributed by atoms with van der Waals surface area (Å²) in [5.74, 6) is 1.15. The second-order valence-corrected chi connectivity index (χ2v) is 5.31. The van der Waals surface area contributed by atoms with E-state index in [2.05, 4.69) is 5.32 Å². The number of hydrogen-bond donors (Lipinski definition) is 1. The Morgan fingerprint density at radius 3 is 3.25 bits per heavy atom. The molecule has 2 atom stereocenters. The van der Waals surface area contributed by atoms with Gasteiger partial charge in [-0.3, -0.25) is 4.79 Å². The smallest absolute Gasteiger partial charge is 0.233 e. The van der Waals surface area contributed by atoms with Crippen LogP contribution in [0.2, 0.25) is 0 Å². The largest absolute Gasteiger partial charge is 0.469 e. The predicted octanol–water partition coefficient (Wildman–Crippen LogP) is 2.52. The van der Waals surface area contributed by atoms with Crippen LogP contribution in [0.15, 0.2) is 16.7 Å². The fraction of sp³-hybridized carbons (Fsp3) is 0.583. The number of furan rings is 1. The first-order chi connectivity index (χ1) is 7.72. The number of carbonyl (C=O) groups excluding carboxylic acids is 1. The van der Waals surface area contributed by atoms with Crippen LogP contribution in [-0.2, 0) is 11.2 Å². The Morgan fingerprint density at radius 1 is 1.69 bits per heavy atom. The van der Waals surface area contributed by atoms with E-state index in [0.717, 1.165) is 30.6 Å². The Balaban J connectivity index is 2.05. The van der Waals surface area contributed by atoms with Gasteiger partial charge in [-0.25, -0.2) is 0 Å². The molecule has 2 rings (SSSR count). The molecule has 1 N–H and O–H groups in total. The molecule has 1 aromatic rings. The number of nitrogens with one attached hydrogen (secondary N) is 1. The topological polar surface area (TPSA) is 42.2 Å². The number of rotatable bonds is 3. The molecule has 0 spiro atoms. The first-order valence-corrected chi connectivity index (χ1v) is 6.90. The van der Waals surface area contributed by atoms with Crippen LogP contribution in [0, 0.1) is 0 Å². The minimum Gasteiger partial charge on any atom is -0.469 e. The van der Waals surface area contributed by atoms with Gasteiger partial charge in [0.2, 0.25) is 5.91 Å². The van der Waals surface area contributed by atoms with E-state index in [-0.39, 0.29) is 17.2 Å². The highest BCUT2D eigenvalue weighted by Crippen LogP contribution is 2.30. The van der Waals surface area contributed by atoms with Crippen LogP contribution in [0.3, 0.4) is 0 Å². The minimum atomic E-state index is 0.0114. The summed E-state index contributed by atoms with van der Waals surface area (Å²) in [4.78, 5) is 11.8. The molecule has 0 aromatic carbocycles. The normalized spacial score (nSPS) is 21.2. The molecule has 88 valence electrons. The van der Waals surface area contributed by atoms with Gasteiger partial charge in [-0.1, -0.05) is 0 Å². The Morgan fingerprint density at radius 2 is 2.50 bits per heavy atom. The summed E-state index contributed by atoms with van der Waals surface area (Å²) in [6.45, 7) is 1.93. The molecule has 0 aliphatic heterocycles. The number of thioether (sulfide) groups is 1. The zero-order chi connectivity index (χ0) is 11.5. The van der Waals surface area contributed by atoms with E-state index >= 15 is 0 Å². The van der Waals surface area contributed by atoms with Crippen molar-refractivity contribution in [3.63, 3.8) is 0 Å². The number of fused-ring (bicyclic) bond motifs is 1. The highest BCUT2D eigenvalue weighted by atomic mass is 32.2. The summed E-state index contributed by atoms with van der Waals surface area (Å²) < 4.78 is 5.40. The SMILES string of the molecule is CSC(C)C(=O)NC1CCCc2occc21. The molecule has 1 aliphatic carbocycles. The maximum absolute atomic E-state index is 11.8. The molecule has 4 heteroatoms. The van der Waals surface area contributed by atoms with E-state index < -0.39 is 0 Å². The molecule has 1 aromatic heterocycles. The van der Waals surface area contributed by atoms with Gasteiger partial charge in [-0.05, 0) is 32.1 Å². The lowest BCUT2D eigenvalue weighted by Crippen LogP contribution is -2.35. The van der Waals surface area contributed by atoms with Crippen LogP contribution in [-0.4, -0.2) is 17.4 Å². The quantitative estimate of drug-likeness (QED) is 0.881. The second-order valence-electron chi connectivity index (χ2n) is 4.13. The summed E-state index contributed by atoms with van der Waals surface area (Å²) in [7, 11) is 0. The second kappa shape index (κ2) is 4.95. The number of carbonyl (C=O) groups is 1. The van der Waals surface area contributed by atoms with Crippen LogP contribution >= 0.6 is 11.8 Å². The number of amides is 1. The van der Waals surface area contributed by atoms with Gasteiger partial charge >= 0.3 is 0 Å². The maximum atomic E-state index is 11.8. The standard InChI is InChI=1S/C12H17NO2S/c1-8(16-2)12(14)13-10-4-3-5-11-9(10)6-7-15-11/h6-8,10H,3-5H2,1-2H3,(H,13,14). The zero-order valence-corrected chi connectivity index (χ0v) is 10.5. The third kappa shape index (κ3) is 2.26. The summed E-state index contributed by atoms with van der Waals surface area (Å²) in [6, 6.07) is 2.12. The molecule has 16 heavy (non-hydrogen) atoms. The van der Waals surface area contributed by atoms with Crippen molar-refractivity contribution in [2.45, 2.75) is 37.5 Å². The summed E-state index contributed by atoms with van der Waals surface area (Å²) in [5.41, 5.74) is 1.16. The molecule has 1 amide bonds. The molecule has 1 heterocycles. The average molecular weight is 239 g/mol.